The van der Waals surface area contributed by atoms with Gasteiger partial charge in [0.1, 0.15) is 0 Å². The van der Waals surface area contributed by atoms with Crippen LogP contribution in [0.4, 0.5) is 7.00 Å². The van der Waals surface area contributed by atoms with Gasteiger partial charge >= 0.3 is 50.9 Å². The van der Waals surface area contributed by atoms with Gasteiger partial charge in [-0.25, -0.2) is 0 Å². The van der Waals surface area contributed by atoms with Gasteiger partial charge in [-0.2, -0.15) is 0 Å². The van der Waals surface area contributed by atoms with Crippen LogP contribution in [0.3, 0.4) is 0 Å². The summed E-state index contributed by atoms with van der Waals surface area (Å²) < 4.78 is 23.9. The first kappa shape index (κ1) is 32.2. The summed E-state index contributed by atoms with van der Waals surface area (Å²) in [6, 6.07) is 6.27. The summed E-state index contributed by atoms with van der Waals surface area (Å²) in [6.45, 7) is 7.19. The Kier molecular flexibility index (Phi) is 42.0. The summed E-state index contributed by atoms with van der Waals surface area (Å²) in [5.74, 6) is 0. The largest absolute Gasteiger partial charge is 0 e. The molecule has 0 amide bonds. The van der Waals surface area contributed by atoms with Crippen molar-refractivity contribution < 1.29 is 48.2 Å². The van der Waals surface area contributed by atoms with Gasteiger partial charge in [0.15, 0.2) is 0 Å². The molecule has 0 aliphatic heterocycles. The van der Waals surface area contributed by atoms with Crippen LogP contribution in [0.2, 0.25) is 0 Å². The van der Waals surface area contributed by atoms with Crippen molar-refractivity contribution in [1.29, 1.82) is 0 Å². The molecule has 0 atom stereocenters. The Morgan fingerprint density at radius 1 is 0.750 bits per heavy atom. The van der Waals surface area contributed by atoms with Crippen LogP contribution in [0.25, 0.3) is 0 Å². The molecule has 24 heavy (non-hydrogen) atoms. The number of halogens is 2. The number of hydrogen-bond donors (Lipinski definition) is 3. The Morgan fingerprint density at radius 2 is 1.04 bits per heavy atom. The Bertz CT molecular complexity index is 257. The Labute approximate surface area is 170 Å². The van der Waals surface area contributed by atoms with E-state index < -0.39 is 15.3 Å². The van der Waals surface area contributed by atoms with Crippen molar-refractivity contribution in [2.24, 2.45) is 0 Å². The second-order valence-corrected chi connectivity index (χ2v) is 7.41. The third-order valence-electron chi connectivity index (χ3n) is 2.48. The molecule has 0 heterocycles. The zero-order valence-electron chi connectivity index (χ0n) is 15.3. The predicted molar refractivity (Wildman–Crippen MR) is 97.0 cm³/mol. The topological polar surface area (TPSA) is 60.7 Å². The SMILES string of the molecule is CCCCO.CCCCO.CCCCO.[F][GeH]([F])[c-]1cccc1.[Hf]. The van der Waals surface area contributed by atoms with Crippen LogP contribution in [0.15, 0.2) is 24.3 Å². The predicted octanol–water partition coefficient (Wildman–Crippen LogP) is 3.11. The molecule has 0 aliphatic carbocycles. The number of rotatable bonds is 7. The van der Waals surface area contributed by atoms with Crippen molar-refractivity contribution in [2.75, 3.05) is 19.8 Å². The molecule has 0 aromatic heterocycles. The van der Waals surface area contributed by atoms with Gasteiger partial charge in [0, 0.05) is 45.7 Å². The van der Waals surface area contributed by atoms with E-state index in [0.717, 1.165) is 38.5 Å². The van der Waals surface area contributed by atoms with Crippen LogP contribution >= 0.6 is 0 Å². The van der Waals surface area contributed by atoms with E-state index in [1.165, 1.54) is 12.1 Å². The zero-order valence-corrected chi connectivity index (χ0v) is 21.4. The summed E-state index contributed by atoms with van der Waals surface area (Å²) >= 11 is -3.89. The van der Waals surface area contributed by atoms with Gasteiger partial charge < -0.3 is 15.3 Å². The van der Waals surface area contributed by atoms with Gasteiger partial charge in [-0.05, 0) is 19.3 Å². The summed E-state index contributed by atoms with van der Waals surface area (Å²) in [5, 5.41) is 24.2. The van der Waals surface area contributed by atoms with Gasteiger partial charge in [0.05, 0.1) is 0 Å². The Hall–Kier alpha value is 0.503. The minimum absolute atomic E-state index is 0. The minimum Gasteiger partial charge on any atom is 0 e. The van der Waals surface area contributed by atoms with E-state index in [9.17, 15) is 7.00 Å². The molecule has 0 aliphatic rings. The van der Waals surface area contributed by atoms with Crippen molar-refractivity contribution >= 4 is 19.7 Å². The van der Waals surface area contributed by atoms with Crippen molar-refractivity contribution in [2.45, 2.75) is 59.3 Å². The van der Waals surface area contributed by atoms with Crippen LogP contribution in [-0.4, -0.2) is 50.4 Å². The first-order valence-electron chi connectivity index (χ1n) is 8.37. The molecule has 3 nitrogen and oxygen atoms in total. The minimum atomic E-state index is -3.89. The van der Waals surface area contributed by atoms with Crippen molar-refractivity contribution in [1.82, 2.24) is 0 Å². The van der Waals surface area contributed by atoms with E-state index in [1.807, 2.05) is 0 Å². The summed E-state index contributed by atoms with van der Waals surface area (Å²) in [4.78, 5) is 0. The fourth-order valence-electron chi connectivity index (χ4n) is 1.01. The summed E-state index contributed by atoms with van der Waals surface area (Å²) in [7, 11) is 0. The van der Waals surface area contributed by atoms with Crippen LogP contribution in [0, 0.1) is 0 Å². The fraction of sp³-hybridized carbons (Fsp3) is 0.706. The smallest absolute Gasteiger partial charge is 0 e. The maximum atomic E-state index is 11.8. The van der Waals surface area contributed by atoms with E-state index in [0.29, 0.717) is 19.8 Å². The Balaban J connectivity index is -0.000000113. The summed E-state index contributed by atoms with van der Waals surface area (Å²) in [6.07, 6.45) is 6.11. The average molecular weight is 577 g/mol. The normalized spacial score (nSPS) is 8.71. The van der Waals surface area contributed by atoms with E-state index in [-0.39, 0.29) is 30.2 Å². The molecule has 0 bridgehead atoms. The molecule has 7 heteroatoms. The van der Waals surface area contributed by atoms with Gasteiger partial charge in [0.2, 0.25) is 0 Å². The van der Waals surface area contributed by atoms with Crippen LogP contribution in [0.1, 0.15) is 59.3 Å². The molecule has 0 fully saturated rings. The number of aliphatic hydroxyl groups is 3. The third kappa shape index (κ3) is 34.0. The van der Waals surface area contributed by atoms with Gasteiger partial charge in [0.25, 0.3) is 0 Å². The molecule has 1 aromatic carbocycles. The van der Waals surface area contributed by atoms with Crippen molar-refractivity contribution in [3.63, 3.8) is 0 Å². The maximum absolute atomic E-state index is 11.8. The summed E-state index contributed by atoms with van der Waals surface area (Å²) in [5.41, 5.74) is 0. The molecule has 1 aromatic rings. The third-order valence-corrected chi connectivity index (χ3v) is 4.34. The van der Waals surface area contributed by atoms with Crippen LogP contribution in [-0.2, 0) is 25.8 Å². The van der Waals surface area contributed by atoms with E-state index in [1.54, 1.807) is 12.1 Å². The second-order valence-electron chi connectivity index (χ2n) is 4.75. The standard InChI is InChI=1S/C5H5F2Ge.3C4H10O.Hf/c6-8(7)5-3-1-2-4-5;3*1-2-3-4-5;/h1-4,8H;3*5H,2-4H2,1H3;/q-1;;;;. The van der Waals surface area contributed by atoms with E-state index in [2.05, 4.69) is 20.8 Å². The Morgan fingerprint density at radius 3 is 1.12 bits per heavy atom. The van der Waals surface area contributed by atoms with Crippen LogP contribution in [0.5, 0.6) is 0 Å². The van der Waals surface area contributed by atoms with Crippen LogP contribution < -0.4 is 4.40 Å². The van der Waals surface area contributed by atoms with Gasteiger partial charge in [-0.1, -0.05) is 40.0 Å². The number of hydrogen-bond acceptors (Lipinski definition) is 3. The second kappa shape index (κ2) is 31.3. The number of aliphatic hydroxyl groups excluding tert-OH is 3. The molecule has 0 saturated carbocycles. The first-order chi connectivity index (χ1) is 11.0. The van der Waals surface area contributed by atoms with Gasteiger partial charge in [-0.3, -0.25) is 0 Å². The molecule has 1 rings (SSSR count). The van der Waals surface area contributed by atoms with E-state index >= 15 is 0 Å². The quantitative estimate of drug-likeness (QED) is 0.346. The van der Waals surface area contributed by atoms with E-state index in [4.69, 9.17) is 15.3 Å². The molecular formula is C17H35F2GeHfO3-. The maximum Gasteiger partial charge on any atom is 0 e. The molecular weight excluding hydrogens is 541 g/mol. The fourth-order valence-corrected chi connectivity index (χ4v) is 2.09. The molecule has 0 saturated heterocycles. The zero-order chi connectivity index (χ0) is 18.3. The molecule has 3 N–H and O–H groups in total. The molecule has 0 radical (unpaired) electrons. The average Bonchev–Trinajstić information content (AvgIpc) is 3.06. The molecule has 0 spiro atoms. The van der Waals surface area contributed by atoms with Crippen molar-refractivity contribution in [3.05, 3.63) is 24.3 Å². The molecule has 144 valence electrons. The number of unbranched alkanes of at least 4 members (excludes halogenated alkanes) is 3. The van der Waals surface area contributed by atoms with Gasteiger partial charge in [-0.15, -0.1) is 0 Å². The first-order valence-corrected chi connectivity index (χ1v) is 11.4. The monoisotopic (exact) mass is 579 g/mol. The molecule has 0 unspecified atom stereocenters. The van der Waals surface area contributed by atoms with Crippen molar-refractivity contribution in [3.8, 4) is 0 Å².